The molecule has 1 amide bonds. The zero-order valence-corrected chi connectivity index (χ0v) is 13.0. The number of nitrogens with zero attached hydrogens (tertiary/aromatic N) is 1. The summed E-state index contributed by atoms with van der Waals surface area (Å²) in [4.78, 5) is 14.5. The first kappa shape index (κ1) is 14.7. The molecule has 114 valence electrons. The number of benzene rings is 1. The van der Waals surface area contributed by atoms with E-state index >= 15 is 0 Å². The van der Waals surface area contributed by atoms with Crippen molar-refractivity contribution in [2.45, 2.75) is 44.4 Å². The maximum atomic E-state index is 12.6. The van der Waals surface area contributed by atoms with E-state index in [2.05, 4.69) is 5.32 Å². The first-order valence-corrected chi connectivity index (χ1v) is 7.96. The number of amides is 1. The second-order valence-corrected chi connectivity index (χ2v) is 6.36. The van der Waals surface area contributed by atoms with Crippen LogP contribution in [0.1, 0.15) is 26.2 Å². The van der Waals surface area contributed by atoms with Crippen molar-refractivity contribution in [3.8, 4) is 5.75 Å². The van der Waals surface area contributed by atoms with Gasteiger partial charge in [0.1, 0.15) is 5.75 Å². The van der Waals surface area contributed by atoms with Crippen LogP contribution >= 0.6 is 11.6 Å². The van der Waals surface area contributed by atoms with E-state index in [9.17, 15) is 4.79 Å². The van der Waals surface area contributed by atoms with Gasteiger partial charge in [-0.15, -0.1) is 0 Å². The first-order chi connectivity index (χ1) is 10.1. The predicted octanol–water partition coefficient (Wildman–Crippen LogP) is 2.46. The predicted molar refractivity (Wildman–Crippen MR) is 82.7 cm³/mol. The number of fused-ring (bicyclic) bond motifs is 2. The van der Waals surface area contributed by atoms with Gasteiger partial charge in [-0.3, -0.25) is 4.79 Å². The Balaban J connectivity index is 1.61. The number of carbonyl (C=O) groups is 1. The Morgan fingerprint density at radius 1 is 1.38 bits per heavy atom. The molecule has 2 heterocycles. The smallest absolute Gasteiger partial charge is 0.263 e. The first-order valence-electron chi connectivity index (χ1n) is 7.59. The molecule has 5 heteroatoms. The Bertz CT molecular complexity index is 523. The van der Waals surface area contributed by atoms with Crippen LogP contribution in [0.15, 0.2) is 24.3 Å². The molecule has 2 aliphatic rings. The molecule has 1 N–H and O–H groups in total. The monoisotopic (exact) mass is 308 g/mol. The van der Waals surface area contributed by atoms with Crippen molar-refractivity contribution in [2.24, 2.45) is 0 Å². The Morgan fingerprint density at radius 2 is 2.19 bits per heavy atom. The lowest BCUT2D eigenvalue weighted by atomic mass is 10.1. The lowest BCUT2D eigenvalue weighted by Crippen LogP contribution is -2.44. The SMILES string of the molecule is CC(Oc1cccc(Cl)c1)C(=O)N1CCC2CCC(C1)N2. The highest BCUT2D eigenvalue weighted by Crippen LogP contribution is 2.22. The van der Waals surface area contributed by atoms with E-state index in [1.54, 1.807) is 19.1 Å². The largest absolute Gasteiger partial charge is 0.481 e. The van der Waals surface area contributed by atoms with Crippen LogP contribution in [-0.2, 0) is 4.79 Å². The van der Waals surface area contributed by atoms with Crippen molar-refractivity contribution in [1.82, 2.24) is 10.2 Å². The number of nitrogens with one attached hydrogen (secondary N) is 1. The Hall–Kier alpha value is -1.26. The molecule has 1 aromatic carbocycles. The van der Waals surface area contributed by atoms with Crippen molar-refractivity contribution < 1.29 is 9.53 Å². The average molecular weight is 309 g/mol. The van der Waals surface area contributed by atoms with Crippen LogP contribution in [0.2, 0.25) is 5.02 Å². The van der Waals surface area contributed by atoms with Crippen LogP contribution in [0.3, 0.4) is 0 Å². The standard InChI is InChI=1S/C16H21ClN2O2/c1-11(21-15-4-2-3-12(17)9-15)16(20)19-8-7-13-5-6-14(10-19)18-13/h2-4,9,11,13-14,18H,5-8,10H2,1H3. The molecule has 0 radical (unpaired) electrons. The van der Waals surface area contributed by atoms with Gasteiger partial charge in [-0.1, -0.05) is 17.7 Å². The third kappa shape index (κ3) is 3.50. The molecule has 2 fully saturated rings. The van der Waals surface area contributed by atoms with E-state index < -0.39 is 6.10 Å². The molecule has 0 aromatic heterocycles. The van der Waals surface area contributed by atoms with Gasteiger partial charge in [0.25, 0.3) is 5.91 Å². The summed E-state index contributed by atoms with van der Waals surface area (Å²) in [7, 11) is 0. The summed E-state index contributed by atoms with van der Waals surface area (Å²) in [6, 6.07) is 8.19. The minimum Gasteiger partial charge on any atom is -0.481 e. The van der Waals surface area contributed by atoms with E-state index in [0.717, 1.165) is 25.9 Å². The molecule has 3 atom stereocenters. The quantitative estimate of drug-likeness (QED) is 0.932. The highest BCUT2D eigenvalue weighted by molar-refractivity contribution is 6.30. The Labute approximate surface area is 130 Å². The van der Waals surface area contributed by atoms with Crippen LogP contribution in [0.5, 0.6) is 5.75 Å². The third-order valence-electron chi connectivity index (χ3n) is 4.29. The van der Waals surface area contributed by atoms with Gasteiger partial charge in [0.2, 0.25) is 0 Å². The highest BCUT2D eigenvalue weighted by atomic mass is 35.5. The molecule has 2 aliphatic heterocycles. The maximum Gasteiger partial charge on any atom is 0.263 e. The number of hydrogen-bond acceptors (Lipinski definition) is 3. The van der Waals surface area contributed by atoms with Crippen molar-refractivity contribution >= 4 is 17.5 Å². The summed E-state index contributed by atoms with van der Waals surface area (Å²) in [5.74, 6) is 0.696. The zero-order chi connectivity index (χ0) is 14.8. The van der Waals surface area contributed by atoms with Crippen molar-refractivity contribution in [2.75, 3.05) is 13.1 Å². The summed E-state index contributed by atoms with van der Waals surface area (Å²) in [5.41, 5.74) is 0. The summed E-state index contributed by atoms with van der Waals surface area (Å²) < 4.78 is 5.74. The highest BCUT2D eigenvalue weighted by Gasteiger charge is 2.32. The number of hydrogen-bond donors (Lipinski definition) is 1. The van der Waals surface area contributed by atoms with Gasteiger partial charge in [-0.25, -0.2) is 0 Å². The zero-order valence-electron chi connectivity index (χ0n) is 12.2. The van der Waals surface area contributed by atoms with Gasteiger partial charge in [0.05, 0.1) is 0 Å². The summed E-state index contributed by atoms with van der Waals surface area (Å²) in [6.07, 6.45) is 2.95. The second-order valence-electron chi connectivity index (χ2n) is 5.93. The summed E-state index contributed by atoms with van der Waals surface area (Å²) >= 11 is 5.94. The molecule has 3 unspecified atom stereocenters. The van der Waals surface area contributed by atoms with E-state index in [0.29, 0.717) is 22.9 Å². The molecule has 0 saturated carbocycles. The van der Waals surface area contributed by atoms with E-state index in [1.165, 1.54) is 6.42 Å². The van der Waals surface area contributed by atoms with Crippen LogP contribution in [-0.4, -0.2) is 42.1 Å². The molecule has 21 heavy (non-hydrogen) atoms. The third-order valence-corrected chi connectivity index (χ3v) is 4.53. The molecule has 1 aromatic rings. The second kappa shape index (κ2) is 6.24. The topological polar surface area (TPSA) is 41.6 Å². The molecule has 3 rings (SSSR count). The van der Waals surface area contributed by atoms with Crippen molar-refractivity contribution in [3.05, 3.63) is 29.3 Å². The minimum atomic E-state index is -0.486. The minimum absolute atomic E-state index is 0.0596. The molecule has 2 bridgehead atoms. The Morgan fingerprint density at radius 3 is 3.00 bits per heavy atom. The average Bonchev–Trinajstić information content (AvgIpc) is 2.77. The van der Waals surface area contributed by atoms with Crippen LogP contribution < -0.4 is 10.1 Å². The molecule has 0 aliphatic carbocycles. The molecule has 4 nitrogen and oxygen atoms in total. The maximum absolute atomic E-state index is 12.6. The van der Waals surface area contributed by atoms with Gasteiger partial charge in [0.15, 0.2) is 6.10 Å². The lowest BCUT2D eigenvalue weighted by molar-refractivity contribution is -0.138. The Kier molecular flexibility index (Phi) is 4.36. The number of ether oxygens (including phenoxy) is 1. The molecular weight excluding hydrogens is 288 g/mol. The fourth-order valence-electron chi connectivity index (χ4n) is 3.20. The number of halogens is 1. The van der Waals surface area contributed by atoms with Crippen LogP contribution in [0.4, 0.5) is 0 Å². The number of carbonyl (C=O) groups excluding carboxylic acids is 1. The van der Waals surface area contributed by atoms with E-state index in [-0.39, 0.29) is 5.91 Å². The molecule has 0 spiro atoms. The fourth-order valence-corrected chi connectivity index (χ4v) is 3.38. The number of likely N-dealkylation sites (tertiary alicyclic amines) is 1. The lowest BCUT2D eigenvalue weighted by Gasteiger charge is -2.27. The van der Waals surface area contributed by atoms with Crippen LogP contribution in [0, 0.1) is 0 Å². The van der Waals surface area contributed by atoms with Crippen LogP contribution in [0.25, 0.3) is 0 Å². The fraction of sp³-hybridized carbons (Fsp3) is 0.562. The molecular formula is C16H21ClN2O2. The van der Waals surface area contributed by atoms with Crippen molar-refractivity contribution in [1.29, 1.82) is 0 Å². The van der Waals surface area contributed by atoms with Gasteiger partial charge in [-0.2, -0.15) is 0 Å². The van der Waals surface area contributed by atoms with Gasteiger partial charge < -0.3 is 15.0 Å². The van der Waals surface area contributed by atoms with Crippen molar-refractivity contribution in [3.63, 3.8) is 0 Å². The molecule has 2 saturated heterocycles. The van der Waals surface area contributed by atoms with E-state index in [1.807, 2.05) is 17.0 Å². The summed E-state index contributed by atoms with van der Waals surface area (Å²) in [5, 5.41) is 4.20. The van der Waals surface area contributed by atoms with E-state index in [4.69, 9.17) is 16.3 Å². The summed E-state index contributed by atoms with van der Waals surface area (Å²) in [6.45, 7) is 3.41. The van der Waals surface area contributed by atoms with Gasteiger partial charge in [-0.05, 0) is 44.4 Å². The van der Waals surface area contributed by atoms with Gasteiger partial charge >= 0.3 is 0 Å². The normalized spacial score (nSPS) is 26.3. The number of rotatable bonds is 3. The van der Waals surface area contributed by atoms with Gasteiger partial charge in [0, 0.05) is 30.2 Å².